The number of allylic oxidation sites excluding steroid dienone is 4. The number of ether oxygens (including phenoxy) is 1. The molecule has 1 aromatic carbocycles. The minimum absolute atomic E-state index is 0.0583. The van der Waals surface area contributed by atoms with Gasteiger partial charge in [-0.2, -0.15) is 0 Å². The van der Waals surface area contributed by atoms with E-state index in [1.807, 2.05) is 0 Å². The van der Waals surface area contributed by atoms with Crippen LogP contribution in [0.25, 0.3) is 5.76 Å². The number of fused-ring (bicyclic) bond motifs is 2. The third-order valence-corrected chi connectivity index (χ3v) is 7.35. The summed E-state index contributed by atoms with van der Waals surface area (Å²) >= 11 is 1.57. The van der Waals surface area contributed by atoms with Gasteiger partial charge in [0.25, 0.3) is 0 Å². The number of thioether (sulfide) groups is 1. The van der Waals surface area contributed by atoms with Crippen molar-refractivity contribution in [3.8, 4) is 5.75 Å². The molecule has 1 aliphatic carbocycles. The summed E-state index contributed by atoms with van der Waals surface area (Å²) in [6.07, 6.45) is 2.50. The van der Waals surface area contributed by atoms with Crippen molar-refractivity contribution >= 4 is 29.1 Å². The largest absolute Gasteiger partial charge is 0.507 e. The van der Waals surface area contributed by atoms with Gasteiger partial charge in [-0.1, -0.05) is 13.8 Å². The van der Waals surface area contributed by atoms with E-state index in [2.05, 4.69) is 18.7 Å². The van der Waals surface area contributed by atoms with Gasteiger partial charge in [0.05, 0.1) is 24.0 Å². The molecule has 0 saturated carbocycles. The summed E-state index contributed by atoms with van der Waals surface area (Å²) < 4.78 is 10.7. The molecule has 1 fully saturated rings. The maximum Gasteiger partial charge on any atom is 0.231 e. The van der Waals surface area contributed by atoms with Crippen molar-refractivity contribution in [3.63, 3.8) is 0 Å². The van der Waals surface area contributed by atoms with E-state index in [-0.39, 0.29) is 28.5 Å². The summed E-state index contributed by atoms with van der Waals surface area (Å²) in [5, 5.41) is 12.3. The number of nitrogens with zero attached hydrogens (tertiary/aromatic N) is 1. The molecule has 0 unspecified atom stereocenters. The Kier molecular flexibility index (Phi) is 5.24. The van der Waals surface area contributed by atoms with E-state index in [0.29, 0.717) is 47.4 Å². The second-order valence-corrected chi connectivity index (χ2v) is 10.3. The first-order chi connectivity index (χ1) is 15.8. The third kappa shape index (κ3) is 3.60. The molecule has 6 nitrogen and oxygen atoms in total. The molecule has 0 radical (unpaired) electrons. The first-order valence-corrected chi connectivity index (χ1v) is 11.9. The van der Waals surface area contributed by atoms with Crippen molar-refractivity contribution in [2.45, 2.75) is 26.7 Å². The quantitative estimate of drug-likeness (QED) is 0.483. The standard InChI is InChI=1S/C26H25NO5S/c1-26(2)13-17-20(18(28)14-26)21(23(29)15-6-8-16(31-3)9-7-15)22(25-27(17)10-12-33-25)24(30)19-5-4-11-32-19/h4-9,11,29H,10,12-14H2,1-3H3. The molecule has 5 rings (SSSR count). The van der Waals surface area contributed by atoms with Gasteiger partial charge in [-0.25, -0.2) is 0 Å². The van der Waals surface area contributed by atoms with E-state index >= 15 is 0 Å². The third-order valence-electron chi connectivity index (χ3n) is 6.26. The lowest BCUT2D eigenvalue weighted by molar-refractivity contribution is -0.118. The van der Waals surface area contributed by atoms with Crippen molar-refractivity contribution in [2.24, 2.45) is 5.41 Å². The number of rotatable bonds is 4. The fourth-order valence-corrected chi connectivity index (χ4v) is 5.95. The summed E-state index contributed by atoms with van der Waals surface area (Å²) in [4.78, 5) is 29.3. The Bertz CT molecular complexity index is 1230. The summed E-state index contributed by atoms with van der Waals surface area (Å²) in [5.74, 6) is 1.14. The lowest BCUT2D eigenvalue weighted by Crippen LogP contribution is -2.37. The van der Waals surface area contributed by atoms with Crippen LogP contribution in [0.4, 0.5) is 0 Å². The number of aliphatic hydroxyl groups excluding tert-OH is 1. The van der Waals surface area contributed by atoms with Gasteiger partial charge in [-0.05, 0) is 48.2 Å². The molecule has 3 heterocycles. The smallest absolute Gasteiger partial charge is 0.231 e. The predicted octanol–water partition coefficient (Wildman–Crippen LogP) is 5.36. The zero-order valence-corrected chi connectivity index (χ0v) is 19.6. The predicted molar refractivity (Wildman–Crippen MR) is 127 cm³/mol. The van der Waals surface area contributed by atoms with Crippen LogP contribution in [0, 0.1) is 5.41 Å². The van der Waals surface area contributed by atoms with Crippen molar-refractivity contribution < 1.29 is 23.8 Å². The van der Waals surface area contributed by atoms with Crippen molar-refractivity contribution in [1.82, 2.24) is 4.90 Å². The van der Waals surface area contributed by atoms with Crippen LogP contribution in [-0.2, 0) is 4.79 Å². The van der Waals surface area contributed by atoms with Crippen LogP contribution in [0.1, 0.15) is 42.8 Å². The molecule has 0 spiro atoms. The number of furan rings is 1. The van der Waals surface area contributed by atoms with Crippen LogP contribution in [0.3, 0.4) is 0 Å². The van der Waals surface area contributed by atoms with E-state index in [9.17, 15) is 14.7 Å². The molecule has 1 aromatic heterocycles. The van der Waals surface area contributed by atoms with Crippen molar-refractivity contribution in [3.05, 3.63) is 81.4 Å². The Hall–Kier alpha value is -3.19. The van der Waals surface area contributed by atoms with Gasteiger partial charge >= 0.3 is 0 Å². The Labute approximate surface area is 196 Å². The number of aliphatic hydroxyl groups is 1. The average molecular weight is 464 g/mol. The average Bonchev–Trinajstić information content (AvgIpc) is 3.49. The number of ketones is 2. The van der Waals surface area contributed by atoms with Crippen molar-refractivity contribution in [1.29, 1.82) is 0 Å². The molecule has 1 saturated heterocycles. The highest BCUT2D eigenvalue weighted by molar-refractivity contribution is 8.03. The van der Waals surface area contributed by atoms with Gasteiger partial charge in [0, 0.05) is 41.1 Å². The second-order valence-electron chi connectivity index (χ2n) is 9.20. The fraction of sp³-hybridized carbons (Fsp3) is 0.308. The SMILES string of the molecule is COc1ccc(C(O)=C2C3=C(CC(C)(C)CC3=O)N3CCSC3=C2C(=O)c2ccco2)cc1. The molecule has 3 aliphatic rings. The maximum atomic E-state index is 13.7. The molecule has 0 amide bonds. The topological polar surface area (TPSA) is 80.0 Å². The lowest BCUT2D eigenvalue weighted by atomic mass is 9.71. The van der Waals surface area contributed by atoms with E-state index < -0.39 is 0 Å². The summed E-state index contributed by atoms with van der Waals surface area (Å²) in [7, 11) is 1.57. The second kappa shape index (κ2) is 7.99. The van der Waals surface area contributed by atoms with Crippen LogP contribution in [0.2, 0.25) is 0 Å². The maximum absolute atomic E-state index is 13.7. The number of hydrogen-bond donors (Lipinski definition) is 1. The van der Waals surface area contributed by atoms with Crippen LogP contribution in [-0.4, -0.2) is 41.0 Å². The molecule has 33 heavy (non-hydrogen) atoms. The fourth-order valence-electron chi connectivity index (χ4n) is 4.78. The highest BCUT2D eigenvalue weighted by Gasteiger charge is 2.46. The van der Waals surface area contributed by atoms with E-state index in [0.717, 1.165) is 16.5 Å². The molecule has 0 atom stereocenters. The van der Waals surface area contributed by atoms with Gasteiger partial charge in [0.15, 0.2) is 11.5 Å². The zero-order chi connectivity index (χ0) is 23.3. The van der Waals surface area contributed by atoms with Crippen LogP contribution >= 0.6 is 11.8 Å². The minimum Gasteiger partial charge on any atom is -0.507 e. The zero-order valence-electron chi connectivity index (χ0n) is 18.8. The minimum atomic E-state index is -0.339. The summed E-state index contributed by atoms with van der Waals surface area (Å²) in [6.45, 7) is 4.88. The van der Waals surface area contributed by atoms with Gasteiger partial charge in [0.1, 0.15) is 11.5 Å². The van der Waals surface area contributed by atoms with E-state index in [1.54, 1.807) is 55.3 Å². The molecule has 0 bridgehead atoms. The molecule has 1 N–H and O–H groups in total. The Balaban J connectivity index is 1.78. The molecular weight excluding hydrogens is 438 g/mol. The number of methoxy groups -OCH3 is 1. The Morgan fingerprint density at radius 3 is 2.61 bits per heavy atom. The number of carbonyl (C=O) groups is 2. The van der Waals surface area contributed by atoms with Gasteiger partial charge in [-0.3, -0.25) is 9.59 Å². The summed E-state index contributed by atoms with van der Waals surface area (Å²) in [5.41, 5.74) is 2.28. The van der Waals surface area contributed by atoms with Gasteiger partial charge < -0.3 is 19.2 Å². The first kappa shape index (κ1) is 21.6. The highest BCUT2D eigenvalue weighted by Crippen LogP contribution is 2.52. The van der Waals surface area contributed by atoms with Gasteiger partial charge in [-0.15, -0.1) is 11.8 Å². The highest BCUT2D eigenvalue weighted by atomic mass is 32.2. The van der Waals surface area contributed by atoms with Crippen LogP contribution in [0.5, 0.6) is 5.75 Å². The monoisotopic (exact) mass is 463 g/mol. The lowest BCUT2D eigenvalue weighted by Gasteiger charge is -2.41. The molecule has 2 aliphatic heterocycles. The molecular formula is C26H25NO5S. The van der Waals surface area contributed by atoms with E-state index in [1.165, 1.54) is 6.26 Å². The normalized spacial score (nSPS) is 21.2. The molecule has 170 valence electrons. The number of hydrogen-bond acceptors (Lipinski definition) is 7. The number of carbonyl (C=O) groups excluding carboxylic acids is 2. The van der Waals surface area contributed by atoms with Gasteiger partial charge in [0.2, 0.25) is 5.78 Å². The number of benzene rings is 1. The van der Waals surface area contributed by atoms with Crippen LogP contribution in [0.15, 0.2) is 74.5 Å². The Morgan fingerprint density at radius 1 is 1.18 bits per heavy atom. The van der Waals surface area contributed by atoms with Crippen LogP contribution < -0.4 is 4.74 Å². The molecule has 2 aromatic rings. The molecule has 7 heteroatoms. The number of Topliss-reactive ketones (excluding diaryl/α,β-unsaturated/α-hetero) is 2. The first-order valence-electron chi connectivity index (χ1n) is 10.9. The Morgan fingerprint density at radius 2 is 1.94 bits per heavy atom. The van der Waals surface area contributed by atoms with Crippen molar-refractivity contribution in [2.75, 3.05) is 19.4 Å². The summed E-state index contributed by atoms with van der Waals surface area (Å²) in [6, 6.07) is 10.2. The van der Waals surface area contributed by atoms with E-state index in [4.69, 9.17) is 9.15 Å².